The van der Waals surface area contributed by atoms with Crippen molar-refractivity contribution in [2.24, 2.45) is 5.73 Å². The summed E-state index contributed by atoms with van der Waals surface area (Å²) in [6.07, 6.45) is 1.20. The van der Waals surface area contributed by atoms with Crippen LogP contribution in [0.4, 0.5) is 4.79 Å². The lowest BCUT2D eigenvalue weighted by Crippen LogP contribution is -2.42. The Bertz CT molecular complexity index is 2280. The molecular formula is C55H66ClN3O9. The number of hydrogen-bond acceptors (Lipinski definition) is 10. The fourth-order valence-electron chi connectivity index (χ4n) is 6.39. The van der Waals surface area contributed by atoms with Gasteiger partial charge in [0.15, 0.2) is 0 Å². The summed E-state index contributed by atoms with van der Waals surface area (Å²) in [4.78, 5) is 23.1. The van der Waals surface area contributed by atoms with E-state index in [1.807, 2.05) is 164 Å². The lowest BCUT2D eigenvalue weighted by molar-refractivity contribution is -0.119. The molecule has 12 nitrogen and oxygen atoms in total. The summed E-state index contributed by atoms with van der Waals surface area (Å²) in [5.41, 5.74) is 11.6. The molecule has 0 saturated carbocycles. The smallest absolute Gasteiger partial charge is 0.407 e. The molecule has 0 bridgehead atoms. The average Bonchev–Trinajstić information content (AvgIpc) is 3.36. The first kappa shape index (κ1) is 54.2. The minimum Gasteiger partial charge on any atom is -0.489 e. The van der Waals surface area contributed by atoms with Crippen LogP contribution in [0.15, 0.2) is 164 Å². The van der Waals surface area contributed by atoms with Crippen molar-refractivity contribution < 1.29 is 43.9 Å². The molecule has 0 saturated heterocycles. The summed E-state index contributed by atoms with van der Waals surface area (Å²) in [6, 6.07) is 52.1. The molecule has 3 atom stereocenters. The Morgan fingerprint density at radius 2 is 0.838 bits per heavy atom. The van der Waals surface area contributed by atoms with Crippen LogP contribution in [0.5, 0.6) is 17.2 Å². The number of carbonyl (C=O) groups excluding carboxylic acids is 2. The van der Waals surface area contributed by atoms with Crippen LogP contribution in [0.3, 0.4) is 0 Å². The Labute approximate surface area is 406 Å². The predicted octanol–water partition coefficient (Wildman–Crippen LogP) is 8.35. The van der Waals surface area contributed by atoms with Gasteiger partial charge in [0.05, 0.1) is 31.9 Å². The zero-order valence-electron chi connectivity index (χ0n) is 39.1. The standard InChI is InChI=1S/C21H27NO4.C18H20ClNO3.C16H19NO2/c1-21(2,3)26-20(24)22-18(14-23)13-16-9-11-19(12-10-16)25-15-17-7-5-4-6-8-17;19-11-18(22)20-16(12-21)10-14-6-8-17(9-7-14)23-13-15-4-2-1-3-5-15;17-15(11-18)10-13-6-8-16(9-7-13)19-12-14-4-2-1-3-5-14/h4-12,18,23H,13-15H2,1-3H3,(H,22,24);1-9,16,21H,10-13H2,(H,20,22);1-9,15,18H,10-12,17H2. The van der Waals surface area contributed by atoms with Gasteiger partial charge in [-0.2, -0.15) is 0 Å². The summed E-state index contributed by atoms with van der Waals surface area (Å²) in [6.45, 7) is 6.71. The second kappa shape index (κ2) is 30.1. The zero-order chi connectivity index (χ0) is 49.0. The molecule has 0 aromatic heterocycles. The fraction of sp³-hybridized carbons (Fsp3) is 0.309. The highest BCUT2D eigenvalue weighted by molar-refractivity contribution is 6.27. The molecule has 0 heterocycles. The van der Waals surface area contributed by atoms with Gasteiger partial charge < -0.3 is 50.6 Å². The van der Waals surface area contributed by atoms with Crippen molar-refractivity contribution in [1.29, 1.82) is 0 Å². The molecule has 0 fully saturated rings. The van der Waals surface area contributed by atoms with E-state index >= 15 is 0 Å². The highest BCUT2D eigenvalue weighted by Crippen LogP contribution is 2.18. The number of aliphatic hydroxyl groups is 3. The number of alkyl halides is 1. The van der Waals surface area contributed by atoms with E-state index in [0.717, 1.165) is 50.6 Å². The maximum Gasteiger partial charge on any atom is 0.407 e. The van der Waals surface area contributed by atoms with Crippen molar-refractivity contribution in [3.05, 3.63) is 197 Å². The number of amides is 2. The van der Waals surface area contributed by atoms with Gasteiger partial charge in [-0.25, -0.2) is 4.79 Å². The Hall–Kier alpha value is -6.41. The van der Waals surface area contributed by atoms with Gasteiger partial charge in [-0.05, 0) is 110 Å². The number of rotatable bonds is 21. The first-order valence-electron chi connectivity index (χ1n) is 22.5. The molecule has 7 N–H and O–H groups in total. The maximum absolute atomic E-state index is 11.8. The lowest BCUT2D eigenvalue weighted by Gasteiger charge is -2.22. The Balaban J connectivity index is 0.000000225. The van der Waals surface area contributed by atoms with Crippen molar-refractivity contribution in [2.45, 2.75) is 83.6 Å². The number of halogens is 1. The van der Waals surface area contributed by atoms with E-state index in [2.05, 4.69) is 10.6 Å². The Morgan fingerprint density at radius 1 is 0.500 bits per heavy atom. The molecule has 0 aliphatic rings. The maximum atomic E-state index is 11.8. The van der Waals surface area contributed by atoms with Crippen LogP contribution >= 0.6 is 11.6 Å². The molecule has 362 valence electrons. The lowest BCUT2D eigenvalue weighted by atomic mass is 10.1. The van der Waals surface area contributed by atoms with E-state index in [4.69, 9.17) is 41.4 Å². The Kier molecular flexibility index (Phi) is 24.0. The van der Waals surface area contributed by atoms with Crippen LogP contribution in [-0.2, 0) is 48.6 Å². The van der Waals surface area contributed by atoms with E-state index in [-0.39, 0.29) is 43.7 Å². The van der Waals surface area contributed by atoms with E-state index in [1.54, 1.807) is 20.8 Å². The van der Waals surface area contributed by atoms with Gasteiger partial charge in [0.2, 0.25) is 5.91 Å². The number of nitrogens with one attached hydrogen (secondary N) is 2. The van der Waals surface area contributed by atoms with Gasteiger partial charge in [-0.1, -0.05) is 127 Å². The molecule has 6 aromatic rings. The number of hydrogen-bond donors (Lipinski definition) is 6. The van der Waals surface area contributed by atoms with Crippen LogP contribution in [0.25, 0.3) is 0 Å². The van der Waals surface area contributed by atoms with Crippen molar-refractivity contribution >= 4 is 23.6 Å². The number of benzene rings is 6. The minimum atomic E-state index is -0.568. The first-order valence-corrected chi connectivity index (χ1v) is 23.1. The third-order valence-electron chi connectivity index (χ3n) is 9.86. The number of carbonyl (C=O) groups is 2. The molecule has 6 rings (SSSR count). The highest BCUT2D eigenvalue weighted by atomic mass is 35.5. The summed E-state index contributed by atoms with van der Waals surface area (Å²) in [7, 11) is 0. The fourth-order valence-corrected chi connectivity index (χ4v) is 6.46. The third kappa shape index (κ3) is 22.4. The van der Waals surface area contributed by atoms with Crippen LogP contribution in [0.2, 0.25) is 0 Å². The second-order valence-electron chi connectivity index (χ2n) is 16.9. The highest BCUT2D eigenvalue weighted by Gasteiger charge is 2.19. The minimum absolute atomic E-state index is 0.00621. The summed E-state index contributed by atoms with van der Waals surface area (Å²) in [5.74, 6) is 2.00. The van der Waals surface area contributed by atoms with Gasteiger partial charge in [-0.15, -0.1) is 11.6 Å². The van der Waals surface area contributed by atoms with Crippen molar-refractivity contribution in [1.82, 2.24) is 10.6 Å². The van der Waals surface area contributed by atoms with Gasteiger partial charge in [0.1, 0.15) is 48.6 Å². The first-order chi connectivity index (χ1) is 32.8. The van der Waals surface area contributed by atoms with E-state index in [9.17, 15) is 19.8 Å². The normalized spacial score (nSPS) is 12.1. The topological polar surface area (TPSA) is 182 Å². The molecular weight excluding hydrogens is 882 g/mol. The van der Waals surface area contributed by atoms with Gasteiger partial charge in [0, 0.05) is 6.04 Å². The number of alkyl carbamates (subject to hydrolysis) is 1. The zero-order valence-corrected chi connectivity index (χ0v) is 39.9. The van der Waals surface area contributed by atoms with Crippen molar-refractivity contribution in [3.63, 3.8) is 0 Å². The molecule has 68 heavy (non-hydrogen) atoms. The number of aliphatic hydroxyl groups excluding tert-OH is 3. The van der Waals surface area contributed by atoms with E-state index in [1.165, 1.54) is 0 Å². The quantitative estimate of drug-likeness (QED) is 0.0384. The summed E-state index contributed by atoms with van der Waals surface area (Å²) < 4.78 is 22.4. The van der Waals surface area contributed by atoms with E-state index in [0.29, 0.717) is 39.1 Å². The molecule has 3 unspecified atom stereocenters. The number of ether oxygens (including phenoxy) is 4. The monoisotopic (exact) mass is 947 g/mol. The Morgan fingerprint density at radius 3 is 1.15 bits per heavy atom. The number of nitrogens with two attached hydrogens (primary N) is 1. The third-order valence-corrected chi connectivity index (χ3v) is 10.1. The molecule has 0 aliphatic carbocycles. The molecule has 0 aliphatic heterocycles. The van der Waals surface area contributed by atoms with Crippen molar-refractivity contribution in [2.75, 3.05) is 25.7 Å². The van der Waals surface area contributed by atoms with Crippen LogP contribution in [0.1, 0.15) is 54.2 Å². The van der Waals surface area contributed by atoms with Crippen molar-refractivity contribution in [3.8, 4) is 17.2 Å². The van der Waals surface area contributed by atoms with E-state index < -0.39 is 17.7 Å². The predicted molar refractivity (Wildman–Crippen MR) is 268 cm³/mol. The van der Waals surface area contributed by atoms with Crippen LogP contribution in [0, 0.1) is 0 Å². The second-order valence-corrected chi connectivity index (χ2v) is 17.2. The molecule has 0 spiro atoms. The largest absolute Gasteiger partial charge is 0.489 e. The molecule has 2 amide bonds. The van der Waals surface area contributed by atoms with Gasteiger partial charge >= 0.3 is 6.09 Å². The average molecular weight is 949 g/mol. The van der Waals surface area contributed by atoms with Gasteiger partial charge in [0.25, 0.3) is 0 Å². The molecule has 0 radical (unpaired) electrons. The van der Waals surface area contributed by atoms with Crippen LogP contribution in [-0.4, -0.2) is 76.7 Å². The molecule has 13 heteroatoms. The molecule has 6 aromatic carbocycles. The summed E-state index contributed by atoms with van der Waals surface area (Å²) >= 11 is 5.45. The van der Waals surface area contributed by atoms with Crippen LogP contribution < -0.4 is 30.6 Å². The summed E-state index contributed by atoms with van der Waals surface area (Å²) in [5, 5.41) is 33.1. The van der Waals surface area contributed by atoms with Gasteiger partial charge in [-0.3, -0.25) is 4.79 Å². The SMILES string of the molecule is CC(C)(C)OC(=O)NC(CO)Cc1ccc(OCc2ccccc2)cc1.NC(CO)Cc1ccc(OCc2ccccc2)cc1.O=C(CCl)NC(CO)Cc1ccc(OCc2ccccc2)cc1.